The van der Waals surface area contributed by atoms with Crippen LogP contribution in [0.5, 0.6) is 0 Å². The van der Waals surface area contributed by atoms with E-state index in [1.165, 1.54) is 31.4 Å². The van der Waals surface area contributed by atoms with E-state index in [0.29, 0.717) is 5.25 Å². The first kappa shape index (κ1) is 16.8. The van der Waals surface area contributed by atoms with Crippen LogP contribution in [0.4, 0.5) is 0 Å². The Morgan fingerprint density at radius 2 is 2.16 bits per heavy atom. The smallest absolute Gasteiger partial charge is 0.323 e. The number of carboxylic acids is 1. The van der Waals surface area contributed by atoms with Crippen molar-refractivity contribution in [2.24, 2.45) is 0 Å². The third kappa shape index (κ3) is 5.35. The summed E-state index contributed by atoms with van der Waals surface area (Å²) in [5.41, 5.74) is -0.656. The van der Waals surface area contributed by atoms with Gasteiger partial charge in [-0.1, -0.05) is 26.7 Å². The zero-order valence-electron chi connectivity index (χ0n) is 12.4. The summed E-state index contributed by atoms with van der Waals surface area (Å²) in [5, 5.41) is 13.4. The quantitative estimate of drug-likeness (QED) is 0.635. The molecule has 112 valence electrons. The lowest BCUT2D eigenvalue weighted by atomic mass is 9.81. The van der Waals surface area contributed by atoms with E-state index in [9.17, 15) is 9.90 Å². The highest BCUT2D eigenvalue weighted by atomic mass is 32.2. The summed E-state index contributed by atoms with van der Waals surface area (Å²) < 4.78 is 0. The second kappa shape index (κ2) is 8.85. The number of carboxylic acid groups (broad SMARTS) is 1. The molecule has 0 aliphatic heterocycles. The van der Waals surface area contributed by atoms with Gasteiger partial charge in [0.15, 0.2) is 0 Å². The molecular weight excluding hydrogens is 258 g/mol. The van der Waals surface area contributed by atoms with Gasteiger partial charge in [0.25, 0.3) is 0 Å². The molecule has 0 amide bonds. The molecule has 0 saturated heterocycles. The average Bonchev–Trinajstić information content (AvgIpc) is 2.41. The van der Waals surface area contributed by atoms with Crippen molar-refractivity contribution in [2.45, 2.75) is 76.0 Å². The maximum atomic E-state index is 11.6. The second-order valence-corrected chi connectivity index (χ2v) is 7.02. The van der Waals surface area contributed by atoms with Gasteiger partial charge in [-0.3, -0.25) is 4.79 Å². The number of hydrogen-bond acceptors (Lipinski definition) is 3. The third-order valence-corrected chi connectivity index (χ3v) is 5.33. The van der Waals surface area contributed by atoms with E-state index in [4.69, 9.17) is 0 Å². The van der Waals surface area contributed by atoms with E-state index in [0.717, 1.165) is 32.2 Å². The van der Waals surface area contributed by atoms with Gasteiger partial charge in [0.1, 0.15) is 5.54 Å². The number of rotatable bonds is 9. The molecule has 0 aromatic heterocycles. The van der Waals surface area contributed by atoms with Crippen molar-refractivity contribution in [1.82, 2.24) is 5.32 Å². The number of thioether (sulfide) groups is 1. The summed E-state index contributed by atoms with van der Waals surface area (Å²) in [7, 11) is 0. The maximum absolute atomic E-state index is 11.6. The molecule has 1 rings (SSSR count). The van der Waals surface area contributed by atoms with Gasteiger partial charge >= 0.3 is 5.97 Å². The molecule has 19 heavy (non-hydrogen) atoms. The zero-order chi connectivity index (χ0) is 14.1. The minimum Gasteiger partial charge on any atom is -0.480 e. The summed E-state index contributed by atoms with van der Waals surface area (Å²) in [6, 6.07) is 0. The molecule has 0 heterocycles. The normalized spacial score (nSPS) is 27.4. The average molecular weight is 287 g/mol. The number of unbranched alkanes of at least 4 members (excludes halogenated alkanes) is 2. The van der Waals surface area contributed by atoms with E-state index in [-0.39, 0.29) is 0 Å². The fourth-order valence-corrected chi connectivity index (χ4v) is 4.20. The van der Waals surface area contributed by atoms with Gasteiger partial charge in [-0.2, -0.15) is 11.8 Å². The van der Waals surface area contributed by atoms with Crippen molar-refractivity contribution in [3.63, 3.8) is 0 Å². The first-order chi connectivity index (χ1) is 9.14. The van der Waals surface area contributed by atoms with Crippen molar-refractivity contribution < 1.29 is 9.90 Å². The molecule has 2 atom stereocenters. The van der Waals surface area contributed by atoms with E-state index < -0.39 is 11.5 Å². The van der Waals surface area contributed by atoms with Gasteiger partial charge in [-0.05, 0) is 50.8 Å². The Labute approximate surface area is 121 Å². The Hall–Kier alpha value is -0.220. The molecule has 3 nitrogen and oxygen atoms in total. The molecule has 0 spiro atoms. The molecule has 0 bridgehead atoms. The highest BCUT2D eigenvalue weighted by molar-refractivity contribution is 7.99. The van der Waals surface area contributed by atoms with Gasteiger partial charge < -0.3 is 10.4 Å². The van der Waals surface area contributed by atoms with Crippen LogP contribution in [0.3, 0.4) is 0 Å². The topological polar surface area (TPSA) is 49.3 Å². The lowest BCUT2D eigenvalue weighted by Gasteiger charge is -2.38. The van der Waals surface area contributed by atoms with Crippen LogP contribution in [0.2, 0.25) is 0 Å². The van der Waals surface area contributed by atoms with E-state index in [2.05, 4.69) is 19.2 Å². The molecule has 0 aromatic rings. The summed E-state index contributed by atoms with van der Waals surface area (Å²) in [4.78, 5) is 11.6. The molecular formula is C15H29NO2S. The number of hydrogen-bond donors (Lipinski definition) is 2. The summed E-state index contributed by atoms with van der Waals surface area (Å²) in [6.45, 7) is 5.11. The molecule has 1 aliphatic carbocycles. The summed E-state index contributed by atoms with van der Waals surface area (Å²) in [6.07, 6.45) is 8.59. The van der Waals surface area contributed by atoms with Crippen molar-refractivity contribution >= 4 is 17.7 Å². The van der Waals surface area contributed by atoms with Crippen LogP contribution in [-0.4, -0.2) is 34.2 Å². The first-order valence-electron chi connectivity index (χ1n) is 7.74. The fourth-order valence-electron chi connectivity index (χ4n) is 2.76. The molecule has 2 N–H and O–H groups in total. The van der Waals surface area contributed by atoms with Crippen molar-refractivity contribution in [2.75, 3.05) is 12.3 Å². The van der Waals surface area contributed by atoms with Gasteiger partial charge in [0.05, 0.1) is 0 Å². The van der Waals surface area contributed by atoms with Crippen LogP contribution in [0.1, 0.15) is 65.2 Å². The van der Waals surface area contributed by atoms with Crippen molar-refractivity contribution in [3.05, 3.63) is 0 Å². The van der Waals surface area contributed by atoms with Gasteiger partial charge in [0.2, 0.25) is 0 Å². The molecule has 2 unspecified atom stereocenters. The predicted molar refractivity (Wildman–Crippen MR) is 82.9 cm³/mol. The SMILES string of the molecule is CCCCCSC1CCCC(NCCC)(C(=O)O)C1. The first-order valence-corrected chi connectivity index (χ1v) is 8.79. The number of carbonyl (C=O) groups is 1. The van der Waals surface area contributed by atoms with Crippen LogP contribution in [0.25, 0.3) is 0 Å². The van der Waals surface area contributed by atoms with Gasteiger partial charge in [-0.15, -0.1) is 0 Å². The molecule has 0 radical (unpaired) electrons. The van der Waals surface area contributed by atoms with Gasteiger partial charge in [0, 0.05) is 5.25 Å². The van der Waals surface area contributed by atoms with Crippen LogP contribution >= 0.6 is 11.8 Å². The molecule has 1 fully saturated rings. The van der Waals surface area contributed by atoms with Crippen molar-refractivity contribution in [1.29, 1.82) is 0 Å². The Morgan fingerprint density at radius 3 is 2.79 bits per heavy atom. The van der Waals surface area contributed by atoms with E-state index in [1.807, 2.05) is 11.8 Å². The molecule has 1 saturated carbocycles. The van der Waals surface area contributed by atoms with E-state index in [1.54, 1.807) is 0 Å². The molecule has 1 aliphatic rings. The Kier molecular flexibility index (Phi) is 7.84. The number of aliphatic carboxylic acids is 1. The predicted octanol–water partition coefficient (Wildman–Crippen LogP) is 3.68. The fraction of sp³-hybridized carbons (Fsp3) is 0.933. The monoisotopic (exact) mass is 287 g/mol. The van der Waals surface area contributed by atoms with E-state index >= 15 is 0 Å². The Morgan fingerprint density at radius 1 is 1.37 bits per heavy atom. The molecule has 0 aromatic carbocycles. The van der Waals surface area contributed by atoms with Gasteiger partial charge in [-0.25, -0.2) is 0 Å². The lowest BCUT2D eigenvalue weighted by Crippen LogP contribution is -2.55. The minimum absolute atomic E-state index is 0.520. The Bertz CT molecular complexity index is 273. The summed E-state index contributed by atoms with van der Waals surface area (Å²) >= 11 is 1.99. The van der Waals surface area contributed by atoms with Crippen LogP contribution in [0, 0.1) is 0 Å². The Balaban J connectivity index is 2.46. The standard InChI is InChI=1S/C15H29NO2S/c1-3-5-6-11-19-13-8-7-9-15(12-13,14(17)18)16-10-4-2/h13,16H,3-12H2,1-2H3,(H,17,18). The molecule has 4 heteroatoms. The third-order valence-electron chi connectivity index (χ3n) is 3.93. The van der Waals surface area contributed by atoms with Crippen LogP contribution < -0.4 is 5.32 Å². The summed E-state index contributed by atoms with van der Waals surface area (Å²) in [5.74, 6) is 0.530. The maximum Gasteiger partial charge on any atom is 0.323 e. The van der Waals surface area contributed by atoms with Crippen molar-refractivity contribution in [3.8, 4) is 0 Å². The largest absolute Gasteiger partial charge is 0.480 e. The minimum atomic E-state index is -0.656. The highest BCUT2D eigenvalue weighted by Gasteiger charge is 2.42. The highest BCUT2D eigenvalue weighted by Crippen LogP contribution is 2.35. The zero-order valence-corrected chi connectivity index (χ0v) is 13.2. The second-order valence-electron chi connectivity index (χ2n) is 5.61. The lowest BCUT2D eigenvalue weighted by molar-refractivity contribution is -0.146. The van der Waals surface area contributed by atoms with Crippen LogP contribution in [-0.2, 0) is 4.79 Å². The number of nitrogens with one attached hydrogen (secondary N) is 1. The van der Waals surface area contributed by atoms with Crippen LogP contribution in [0.15, 0.2) is 0 Å².